The summed E-state index contributed by atoms with van der Waals surface area (Å²) < 4.78 is 19.0. The van der Waals surface area contributed by atoms with Crippen LogP contribution in [-0.2, 0) is 9.09 Å². The Morgan fingerprint density at radius 1 is 1.45 bits per heavy atom. The third kappa shape index (κ3) is 3.95. The van der Waals surface area contributed by atoms with E-state index in [-0.39, 0.29) is 11.9 Å². The first-order chi connectivity index (χ1) is 10.5. The lowest BCUT2D eigenvalue weighted by molar-refractivity contribution is 0.0922. The Kier molecular flexibility index (Phi) is 5.36. The first-order valence-corrected chi connectivity index (χ1v) is 9.18. The highest BCUT2D eigenvalue weighted by molar-refractivity contribution is 7.55. The van der Waals surface area contributed by atoms with Crippen LogP contribution in [0.2, 0.25) is 0 Å². The van der Waals surface area contributed by atoms with Gasteiger partial charge >= 0.3 is 0 Å². The van der Waals surface area contributed by atoms with E-state index in [1.807, 2.05) is 10.7 Å². The van der Waals surface area contributed by atoms with Crippen LogP contribution in [0.1, 0.15) is 28.8 Å². The van der Waals surface area contributed by atoms with Crippen LogP contribution in [0.15, 0.2) is 24.3 Å². The zero-order valence-corrected chi connectivity index (χ0v) is 13.7. The fraction of sp³-hybridized carbons (Fsp3) is 0.467. The fourth-order valence-electron chi connectivity index (χ4n) is 2.49. The van der Waals surface area contributed by atoms with Gasteiger partial charge in [-0.3, -0.25) is 9.36 Å². The Balaban J connectivity index is 1.92. The number of carbonyl (C=O) groups excluding carboxylic acids is 1. The molecule has 1 aromatic carbocycles. The molecule has 1 N–H and O–H groups in total. The van der Waals surface area contributed by atoms with Crippen LogP contribution in [0.25, 0.3) is 0 Å². The molecule has 1 heterocycles. The summed E-state index contributed by atoms with van der Waals surface area (Å²) in [6, 6.07) is 8.70. The normalized spacial score (nSPS) is 19.1. The van der Waals surface area contributed by atoms with Crippen LogP contribution >= 0.6 is 7.52 Å². The zero-order valence-electron chi connectivity index (χ0n) is 12.8. The van der Waals surface area contributed by atoms with Crippen LogP contribution in [-0.4, -0.2) is 43.5 Å². The van der Waals surface area contributed by atoms with Crippen molar-refractivity contribution in [2.45, 2.75) is 18.9 Å². The van der Waals surface area contributed by atoms with E-state index in [0.29, 0.717) is 24.2 Å². The van der Waals surface area contributed by atoms with Crippen molar-refractivity contribution in [1.82, 2.24) is 9.99 Å². The van der Waals surface area contributed by atoms with Crippen molar-refractivity contribution in [3.8, 4) is 6.07 Å². The number of rotatable bonds is 4. The molecule has 1 aliphatic rings. The van der Waals surface area contributed by atoms with E-state index in [0.717, 1.165) is 12.8 Å². The highest BCUT2D eigenvalue weighted by atomic mass is 31.2. The molecule has 22 heavy (non-hydrogen) atoms. The number of hydrogen-bond acceptors (Lipinski definition) is 4. The highest BCUT2D eigenvalue weighted by Gasteiger charge is 2.30. The van der Waals surface area contributed by atoms with Crippen molar-refractivity contribution in [2.75, 3.05) is 26.9 Å². The monoisotopic (exact) mass is 321 g/mol. The van der Waals surface area contributed by atoms with Gasteiger partial charge in [0, 0.05) is 38.5 Å². The molecule has 1 saturated heterocycles. The van der Waals surface area contributed by atoms with E-state index >= 15 is 0 Å². The molecule has 7 heteroatoms. The Morgan fingerprint density at radius 3 is 2.73 bits per heavy atom. The number of hydrogen-bond donors (Lipinski definition) is 1. The average molecular weight is 321 g/mol. The van der Waals surface area contributed by atoms with Gasteiger partial charge in [0.2, 0.25) is 0 Å². The maximum absolute atomic E-state index is 12.2. The molecule has 1 amide bonds. The molecule has 0 saturated carbocycles. The Bertz CT molecular complexity index is 633. The van der Waals surface area contributed by atoms with Crippen molar-refractivity contribution >= 4 is 13.4 Å². The summed E-state index contributed by atoms with van der Waals surface area (Å²) in [4.78, 5) is 12.2. The molecular weight excluding hydrogens is 301 g/mol. The molecule has 1 aliphatic heterocycles. The molecule has 0 bridgehead atoms. The van der Waals surface area contributed by atoms with Crippen molar-refractivity contribution in [1.29, 1.82) is 5.26 Å². The molecule has 1 fully saturated rings. The number of benzene rings is 1. The summed E-state index contributed by atoms with van der Waals surface area (Å²) in [6.45, 7) is 2.87. The Hall–Kier alpha value is -1.67. The second kappa shape index (κ2) is 7.06. The van der Waals surface area contributed by atoms with E-state index in [1.165, 1.54) is 7.11 Å². The lowest BCUT2D eigenvalue weighted by atomic mass is 10.1. The van der Waals surface area contributed by atoms with Gasteiger partial charge in [-0.25, -0.2) is 4.67 Å². The molecule has 0 spiro atoms. The standard InChI is InChI=1S/C15H20N3O3P/c1-21-22(2,20)18-8-6-14(7-9-18)17-15(19)13-5-3-4-12(10-13)11-16/h3-5,10,14H,6-9H2,1-2H3,(H,17,19). The summed E-state index contributed by atoms with van der Waals surface area (Å²) in [5.41, 5.74) is 0.953. The highest BCUT2D eigenvalue weighted by Crippen LogP contribution is 2.47. The fourth-order valence-corrected chi connectivity index (χ4v) is 3.68. The maximum atomic E-state index is 12.2. The molecule has 0 aromatic heterocycles. The van der Waals surface area contributed by atoms with Gasteiger partial charge in [-0.15, -0.1) is 0 Å². The average Bonchev–Trinajstić information content (AvgIpc) is 2.55. The Morgan fingerprint density at radius 2 is 2.14 bits per heavy atom. The predicted molar refractivity (Wildman–Crippen MR) is 83.8 cm³/mol. The van der Waals surface area contributed by atoms with Gasteiger partial charge in [0.05, 0.1) is 11.6 Å². The number of carbonyl (C=O) groups is 1. The van der Waals surface area contributed by atoms with E-state index in [9.17, 15) is 9.36 Å². The molecule has 1 aromatic rings. The maximum Gasteiger partial charge on any atom is 0.269 e. The molecule has 1 unspecified atom stereocenters. The van der Waals surface area contributed by atoms with Crippen LogP contribution in [0.4, 0.5) is 0 Å². The second-order valence-corrected chi connectivity index (χ2v) is 7.92. The first kappa shape index (κ1) is 16.7. The molecular formula is C15H20N3O3P. The van der Waals surface area contributed by atoms with E-state index in [1.54, 1.807) is 30.9 Å². The summed E-state index contributed by atoms with van der Waals surface area (Å²) in [5, 5.41) is 11.8. The number of nitriles is 1. The van der Waals surface area contributed by atoms with Crippen LogP contribution in [0, 0.1) is 11.3 Å². The predicted octanol–water partition coefficient (Wildman–Crippen LogP) is 2.22. The third-order valence-electron chi connectivity index (χ3n) is 3.91. The number of piperidine rings is 1. The van der Waals surface area contributed by atoms with Gasteiger partial charge in [0.25, 0.3) is 13.4 Å². The minimum atomic E-state index is -2.69. The third-order valence-corrected chi connectivity index (χ3v) is 6.02. The van der Waals surface area contributed by atoms with Gasteiger partial charge in [-0.2, -0.15) is 5.26 Å². The van der Waals surface area contributed by atoms with Gasteiger partial charge in [-0.1, -0.05) is 6.07 Å². The second-order valence-electron chi connectivity index (χ2n) is 5.38. The molecule has 2 rings (SSSR count). The lowest BCUT2D eigenvalue weighted by Crippen LogP contribution is -2.43. The van der Waals surface area contributed by atoms with Gasteiger partial charge in [0.1, 0.15) is 0 Å². The summed E-state index contributed by atoms with van der Waals surface area (Å²) in [5.74, 6) is -0.179. The first-order valence-electron chi connectivity index (χ1n) is 7.16. The minimum absolute atomic E-state index is 0.0475. The van der Waals surface area contributed by atoms with Crippen molar-refractivity contribution < 1.29 is 13.9 Å². The summed E-state index contributed by atoms with van der Waals surface area (Å²) in [7, 11) is -1.24. The Labute approximate surface area is 130 Å². The summed E-state index contributed by atoms with van der Waals surface area (Å²) >= 11 is 0. The van der Waals surface area contributed by atoms with E-state index < -0.39 is 7.52 Å². The van der Waals surface area contributed by atoms with Gasteiger partial charge in [-0.05, 0) is 31.0 Å². The lowest BCUT2D eigenvalue weighted by Gasteiger charge is -2.34. The largest absolute Gasteiger partial charge is 0.349 e. The number of nitrogens with zero attached hydrogens (tertiary/aromatic N) is 2. The minimum Gasteiger partial charge on any atom is -0.349 e. The smallest absolute Gasteiger partial charge is 0.269 e. The number of amides is 1. The topological polar surface area (TPSA) is 82.4 Å². The molecule has 1 atom stereocenters. The quantitative estimate of drug-likeness (QED) is 0.860. The van der Waals surface area contributed by atoms with Gasteiger partial charge in [0.15, 0.2) is 0 Å². The van der Waals surface area contributed by atoms with Crippen molar-refractivity contribution in [2.24, 2.45) is 0 Å². The SMILES string of the molecule is COP(C)(=O)N1CCC(NC(=O)c2cccc(C#N)c2)CC1. The number of nitrogens with one attached hydrogen (secondary N) is 1. The molecule has 6 nitrogen and oxygen atoms in total. The molecule has 0 radical (unpaired) electrons. The van der Waals surface area contributed by atoms with Crippen molar-refractivity contribution in [3.63, 3.8) is 0 Å². The van der Waals surface area contributed by atoms with Gasteiger partial charge < -0.3 is 9.84 Å². The zero-order chi connectivity index (χ0) is 16.2. The van der Waals surface area contributed by atoms with Crippen LogP contribution < -0.4 is 5.32 Å². The summed E-state index contributed by atoms with van der Waals surface area (Å²) in [6.07, 6.45) is 1.45. The molecule has 0 aliphatic carbocycles. The molecule has 118 valence electrons. The van der Waals surface area contributed by atoms with Crippen molar-refractivity contribution in [3.05, 3.63) is 35.4 Å². The van der Waals surface area contributed by atoms with E-state index in [4.69, 9.17) is 9.79 Å². The van der Waals surface area contributed by atoms with E-state index in [2.05, 4.69) is 5.32 Å². The van der Waals surface area contributed by atoms with Crippen LogP contribution in [0.5, 0.6) is 0 Å². The van der Waals surface area contributed by atoms with Crippen LogP contribution in [0.3, 0.4) is 0 Å².